The first-order chi connectivity index (χ1) is 12.6. The molecule has 132 valence electrons. The fourth-order valence-electron chi connectivity index (χ4n) is 2.39. The lowest BCUT2D eigenvalue weighted by molar-refractivity contribution is 0.0474. The van der Waals surface area contributed by atoms with Gasteiger partial charge in [0.2, 0.25) is 5.78 Å². The van der Waals surface area contributed by atoms with Crippen molar-refractivity contribution in [2.24, 2.45) is 0 Å². The van der Waals surface area contributed by atoms with Gasteiger partial charge in [-0.15, -0.1) is 0 Å². The molecule has 0 radical (unpaired) electrons. The number of carbonyl (C=O) groups excluding carboxylic acids is 2. The van der Waals surface area contributed by atoms with Crippen molar-refractivity contribution in [3.8, 4) is 17.0 Å². The van der Waals surface area contributed by atoms with E-state index in [4.69, 9.17) is 9.47 Å². The number of benzene rings is 2. The molecule has 0 aliphatic rings. The minimum Gasteiger partial charge on any atom is -0.497 e. The van der Waals surface area contributed by atoms with Crippen LogP contribution in [0.3, 0.4) is 0 Å². The highest BCUT2D eigenvalue weighted by Crippen LogP contribution is 2.24. The van der Waals surface area contributed by atoms with Gasteiger partial charge in [-0.2, -0.15) is 5.10 Å². The second kappa shape index (κ2) is 7.60. The molecule has 0 spiro atoms. The molecule has 0 saturated carbocycles. The quantitative estimate of drug-likeness (QED) is 0.543. The summed E-state index contributed by atoms with van der Waals surface area (Å²) >= 11 is 0. The number of Topliss-reactive ketones (excluding diaryl/α,β-unsaturated/α-hetero) is 1. The molecule has 6 nitrogen and oxygen atoms in total. The van der Waals surface area contributed by atoms with Crippen LogP contribution in [0.25, 0.3) is 11.3 Å². The van der Waals surface area contributed by atoms with Gasteiger partial charge in [0.05, 0.1) is 24.6 Å². The first-order valence-corrected chi connectivity index (χ1v) is 7.73. The van der Waals surface area contributed by atoms with Crippen molar-refractivity contribution < 1.29 is 23.5 Å². The molecule has 0 saturated heterocycles. The van der Waals surface area contributed by atoms with Crippen LogP contribution < -0.4 is 4.74 Å². The number of nitrogens with zero attached hydrogens (tertiary/aromatic N) is 1. The van der Waals surface area contributed by atoms with Crippen LogP contribution in [0.1, 0.15) is 20.7 Å². The normalized spacial score (nSPS) is 10.4. The van der Waals surface area contributed by atoms with Crippen LogP contribution in [0.4, 0.5) is 4.39 Å². The van der Waals surface area contributed by atoms with Crippen molar-refractivity contribution in [2.75, 3.05) is 13.7 Å². The Kier molecular flexibility index (Phi) is 5.07. The summed E-state index contributed by atoms with van der Waals surface area (Å²) in [6.45, 7) is -0.563. The number of ketones is 1. The fraction of sp³-hybridized carbons (Fsp3) is 0.105. The number of rotatable bonds is 6. The number of carbonyl (C=O) groups is 2. The van der Waals surface area contributed by atoms with Gasteiger partial charge in [-0.25, -0.2) is 9.18 Å². The molecule has 0 bridgehead atoms. The maximum atomic E-state index is 13.6. The number of H-pyrrole nitrogens is 1. The molecule has 2 aromatic carbocycles. The highest BCUT2D eigenvalue weighted by molar-refractivity contribution is 6.01. The van der Waals surface area contributed by atoms with Gasteiger partial charge >= 0.3 is 5.97 Å². The number of aromatic nitrogens is 2. The SMILES string of the molecule is COc1ccc(-c2[nH]ncc2C(=O)OCC(=O)c2ccccc2F)cc1. The monoisotopic (exact) mass is 354 g/mol. The molecule has 1 aromatic heterocycles. The van der Waals surface area contributed by atoms with Gasteiger partial charge in [0.15, 0.2) is 6.61 Å². The van der Waals surface area contributed by atoms with E-state index in [2.05, 4.69) is 10.2 Å². The first kappa shape index (κ1) is 17.3. The molecule has 26 heavy (non-hydrogen) atoms. The Morgan fingerprint density at radius 1 is 1.08 bits per heavy atom. The van der Waals surface area contributed by atoms with Crippen molar-refractivity contribution >= 4 is 11.8 Å². The molecule has 0 atom stereocenters. The summed E-state index contributed by atoms with van der Waals surface area (Å²) < 4.78 is 23.7. The Bertz CT molecular complexity index is 935. The van der Waals surface area contributed by atoms with Gasteiger partial charge < -0.3 is 9.47 Å². The zero-order valence-electron chi connectivity index (χ0n) is 13.9. The van der Waals surface area contributed by atoms with Crippen molar-refractivity contribution in [3.05, 3.63) is 71.7 Å². The summed E-state index contributed by atoms with van der Waals surface area (Å²) in [5.41, 5.74) is 1.21. The zero-order valence-corrected chi connectivity index (χ0v) is 13.9. The maximum absolute atomic E-state index is 13.6. The Balaban J connectivity index is 1.72. The second-order valence-electron chi connectivity index (χ2n) is 5.37. The van der Waals surface area contributed by atoms with Gasteiger partial charge in [-0.3, -0.25) is 9.89 Å². The zero-order chi connectivity index (χ0) is 18.5. The predicted octanol–water partition coefficient (Wildman–Crippen LogP) is 3.26. The molecule has 1 N–H and O–H groups in total. The van der Waals surface area contributed by atoms with E-state index in [0.29, 0.717) is 17.0 Å². The maximum Gasteiger partial charge on any atom is 0.342 e. The van der Waals surface area contributed by atoms with Crippen LogP contribution in [0, 0.1) is 5.82 Å². The van der Waals surface area contributed by atoms with E-state index in [-0.39, 0.29) is 11.1 Å². The number of ether oxygens (including phenoxy) is 2. The molecule has 0 aliphatic carbocycles. The van der Waals surface area contributed by atoms with Crippen LogP contribution in [0.2, 0.25) is 0 Å². The van der Waals surface area contributed by atoms with Crippen molar-refractivity contribution in [3.63, 3.8) is 0 Å². The average molecular weight is 354 g/mol. The highest BCUT2D eigenvalue weighted by atomic mass is 19.1. The minimum absolute atomic E-state index is 0.122. The number of hydrogen-bond acceptors (Lipinski definition) is 5. The molecule has 0 amide bonds. The third-order valence-electron chi connectivity index (χ3n) is 3.75. The van der Waals surface area contributed by atoms with E-state index in [0.717, 1.165) is 0 Å². The summed E-state index contributed by atoms with van der Waals surface area (Å²) in [5, 5.41) is 6.59. The molecule has 1 heterocycles. The topological polar surface area (TPSA) is 81.3 Å². The number of esters is 1. The summed E-state index contributed by atoms with van der Waals surface area (Å²) in [7, 11) is 1.56. The van der Waals surface area contributed by atoms with Crippen molar-refractivity contribution in [2.45, 2.75) is 0 Å². The lowest BCUT2D eigenvalue weighted by Crippen LogP contribution is -2.15. The van der Waals surface area contributed by atoms with E-state index in [1.54, 1.807) is 31.4 Å². The lowest BCUT2D eigenvalue weighted by atomic mass is 10.1. The van der Waals surface area contributed by atoms with Crippen LogP contribution in [-0.4, -0.2) is 35.7 Å². The Morgan fingerprint density at radius 2 is 1.81 bits per heavy atom. The molecule has 0 aliphatic heterocycles. The fourth-order valence-corrected chi connectivity index (χ4v) is 2.39. The van der Waals surface area contributed by atoms with E-state index in [1.165, 1.54) is 30.5 Å². The van der Waals surface area contributed by atoms with E-state index in [9.17, 15) is 14.0 Å². The third-order valence-corrected chi connectivity index (χ3v) is 3.75. The molecule has 7 heteroatoms. The second-order valence-corrected chi connectivity index (χ2v) is 5.37. The molecule has 3 rings (SSSR count). The number of aromatic amines is 1. The number of halogens is 1. The first-order valence-electron chi connectivity index (χ1n) is 7.73. The number of hydrogen-bond donors (Lipinski definition) is 1. The molecule has 0 fully saturated rings. The van der Waals surface area contributed by atoms with Gasteiger partial charge in [0.1, 0.15) is 17.1 Å². The average Bonchev–Trinajstić information content (AvgIpc) is 3.16. The van der Waals surface area contributed by atoms with Crippen LogP contribution in [0.5, 0.6) is 5.75 Å². The Morgan fingerprint density at radius 3 is 2.50 bits per heavy atom. The summed E-state index contributed by atoms with van der Waals surface area (Å²) in [4.78, 5) is 24.3. The van der Waals surface area contributed by atoms with Crippen LogP contribution in [-0.2, 0) is 4.74 Å². The smallest absolute Gasteiger partial charge is 0.342 e. The standard InChI is InChI=1S/C19H15FN2O4/c1-25-13-8-6-12(7-9-13)18-15(10-21-22-18)19(24)26-11-17(23)14-4-2-3-5-16(14)20/h2-10H,11H2,1H3,(H,21,22). The molecular weight excluding hydrogens is 339 g/mol. The Labute approximate surface area is 148 Å². The number of nitrogens with one attached hydrogen (secondary N) is 1. The summed E-state index contributed by atoms with van der Waals surface area (Å²) in [5.74, 6) is -1.33. The summed E-state index contributed by atoms with van der Waals surface area (Å²) in [6, 6.07) is 12.5. The highest BCUT2D eigenvalue weighted by Gasteiger charge is 2.19. The lowest BCUT2D eigenvalue weighted by Gasteiger charge is -2.06. The van der Waals surface area contributed by atoms with E-state index in [1.807, 2.05) is 0 Å². The van der Waals surface area contributed by atoms with Crippen molar-refractivity contribution in [1.29, 1.82) is 0 Å². The van der Waals surface area contributed by atoms with E-state index < -0.39 is 24.2 Å². The summed E-state index contributed by atoms with van der Waals surface area (Å²) in [6.07, 6.45) is 1.31. The third kappa shape index (κ3) is 3.61. The molecular formula is C19H15FN2O4. The van der Waals surface area contributed by atoms with Gasteiger partial charge in [-0.05, 0) is 36.4 Å². The van der Waals surface area contributed by atoms with Crippen LogP contribution in [0.15, 0.2) is 54.7 Å². The van der Waals surface area contributed by atoms with Crippen LogP contribution >= 0.6 is 0 Å². The van der Waals surface area contributed by atoms with Gasteiger partial charge in [0, 0.05) is 5.56 Å². The predicted molar refractivity (Wildman–Crippen MR) is 91.6 cm³/mol. The van der Waals surface area contributed by atoms with E-state index >= 15 is 0 Å². The Hall–Kier alpha value is -3.48. The minimum atomic E-state index is -0.728. The van der Waals surface area contributed by atoms with Crippen molar-refractivity contribution in [1.82, 2.24) is 10.2 Å². The van der Waals surface area contributed by atoms with Gasteiger partial charge in [0.25, 0.3) is 0 Å². The molecule has 0 unspecified atom stereocenters. The largest absolute Gasteiger partial charge is 0.497 e. The van der Waals surface area contributed by atoms with Gasteiger partial charge in [-0.1, -0.05) is 12.1 Å². The number of methoxy groups -OCH3 is 1. The molecule has 3 aromatic rings.